The molecule has 0 spiro atoms. The third-order valence-corrected chi connectivity index (χ3v) is 6.56. The maximum absolute atomic E-state index is 12.0. The molecule has 0 radical (unpaired) electrons. The maximum atomic E-state index is 12.0. The summed E-state index contributed by atoms with van der Waals surface area (Å²) in [5, 5.41) is 12.7. The molecule has 1 heterocycles. The number of hydrogen-bond donors (Lipinski definition) is 1. The van der Waals surface area contributed by atoms with Gasteiger partial charge in [0.2, 0.25) is 5.13 Å². The van der Waals surface area contributed by atoms with Crippen molar-refractivity contribution in [3.8, 4) is 0 Å². The van der Waals surface area contributed by atoms with Gasteiger partial charge < -0.3 is 5.32 Å². The normalized spacial score (nSPS) is 10.8. The molecule has 0 amide bonds. The molecular weight excluding hydrogens is 374 g/mol. The fourth-order valence-corrected chi connectivity index (χ4v) is 5.17. The summed E-state index contributed by atoms with van der Waals surface area (Å²) in [5.41, 5.74) is 6.62. The molecule has 27 heavy (non-hydrogen) atoms. The number of carbonyl (C=O) groups is 1. The van der Waals surface area contributed by atoms with Gasteiger partial charge in [-0.1, -0.05) is 59.5 Å². The number of carbonyl (C=O) groups excluding carboxylic acids is 1. The first-order valence-electron chi connectivity index (χ1n) is 8.80. The number of hydrogen-bond acceptors (Lipinski definition) is 6. The maximum Gasteiger partial charge on any atom is 0.206 e. The molecule has 1 aromatic heterocycles. The number of Topliss-reactive ketones (excluding diaryl/α,β-unsaturated/α-hetero) is 1. The Kier molecular flexibility index (Phi) is 6.29. The van der Waals surface area contributed by atoms with Crippen molar-refractivity contribution in [2.75, 3.05) is 5.32 Å². The molecule has 3 aromatic rings. The molecule has 2 aromatic carbocycles. The average molecular weight is 398 g/mol. The number of aromatic nitrogens is 2. The summed E-state index contributed by atoms with van der Waals surface area (Å²) in [6.45, 7) is 8.52. The number of benzene rings is 2. The largest absolute Gasteiger partial charge is 0.356 e. The summed E-state index contributed by atoms with van der Waals surface area (Å²) < 4.78 is 0.925. The second kappa shape index (κ2) is 8.67. The van der Waals surface area contributed by atoms with E-state index >= 15 is 0 Å². The molecule has 3 rings (SSSR count). The molecule has 6 heteroatoms. The van der Waals surface area contributed by atoms with E-state index in [1.165, 1.54) is 16.7 Å². The van der Waals surface area contributed by atoms with Crippen molar-refractivity contribution < 1.29 is 4.79 Å². The highest BCUT2D eigenvalue weighted by Gasteiger charge is 2.15. The SMILES string of the molecule is CC(=O)c1c(C)cc(C)c(CSc2nnc(NCc3ccccc3)s2)c1C. The quantitative estimate of drug-likeness (QED) is 0.417. The molecule has 0 unspecified atom stereocenters. The van der Waals surface area contributed by atoms with Crippen molar-refractivity contribution >= 4 is 34.0 Å². The second-order valence-corrected chi connectivity index (χ2v) is 8.75. The Hall–Kier alpha value is -2.18. The van der Waals surface area contributed by atoms with E-state index in [1.54, 1.807) is 30.0 Å². The summed E-state index contributed by atoms with van der Waals surface area (Å²) in [6.07, 6.45) is 0. The van der Waals surface area contributed by atoms with Crippen LogP contribution in [0.4, 0.5) is 5.13 Å². The number of thioether (sulfide) groups is 1. The predicted octanol–water partition coefficient (Wildman–Crippen LogP) is 5.57. The summed E-state index contributed by atoms with van der Waals surface area (Å²) in [4.78, 5) is 12.0. The summed E-state index contributed by atoms with van der Waals surface area (Å²) in [5.74, 6) is 0.908. The van der Waals surface area contributed by atoms with Crippen molar-refractivity contribution in [2.24, 2.45) is 0 Å². The Morgan fingerprint density at radius 2 is 1.85 bits per heavy atom. The van der Waals surface area contributed by atoms with Gasteiger partial charge in [-0.15, -0.1) is 10.2 Å². The minimum Gasteiger partial charge on any atom is -0.356 e. The number of anilines is 1. The van der Waals surface area contributed by atoms with E-state index in [2.05, 4.69) is 40.6 Å². The molecule has 0 aliphatic carbocycles. The summed E-state index contributed by atoms with van der Waals surface area (Å²) in [6, 6.07) is 12.3. The van der Waals surface area contributed by atoms with Crippen LogP contribution in [0.5, 0.6) is 0 Å². The zero-order valence-electron chi connectivity index (χ0n) is 16.0. The summed E-state index contributed by atoms with van der Waals surface area (Å²) in [7, 11) is 0. The highest BCUT2D eigenvalue weighted by Crippen LogP contribution is 2.32. The molecule has 0 aliphatic heterocycles. The zero-order chi connectivity index (χ0) is 19.4. The molecule has 0 saturated carbocycles. The van der Waals surface area contributed by atoms with Crippen LogP contribution in [0.1, 0.15) is 45.1 Å². The van der Waals surface area contributed by atoms with E-state index in [9.17, 15) is 4.79 Å². The van der Waals surface area contributed by atoms with Gasteiger partial charge in [0, 0.05) is 17.9 Å². The standard InChI is InChI=1S/C21H23N3OS2/c1-13-10-14(2)19(16(4)25)15(3)18(13)12-26-21-24-23-20(27-21)22-11-17-8-6-5-7-9-17/h5-10H,11-12H2,1-4H3,(H,22,23). The van der Waals surface area contributed by atoms with Crippen LogP contribution in [-0.4, -0.2) is 16.0 Å². The fraction of sp³-hybridized carbons (Fsp3) is 0.286. The molecule has 0 saturated heterocycles. The molecule has 0 fully saturated rings. The van der Waals surface area contributed by atoms with E-state index in [1.807, 2.05) is 32.0 Å². The van der Waals surface area contributed by atoms with Gasteiger partial charge in [-0.3, -0.25) is 4.79 Å². The lowest BCUT2D eigenvalue weighted by Crippen LogP contribution is -2.05. The Balaban J connectivity index is 1.67. The van der Waals surface area contributed by atoms with Gasteiger partial charge in [0.05, 0.1) is 0 Å². The summed E-state index contributed by atoms with van der Waals surface area (Å²) >= 11 is 3.22. The zero-order valence-corrected chi connectivity index (χ0v) is 17.6. The third-order valence-electron chi connectivity index (χ3n) is 4.52. The Morgan fingerprint density at radius 1 is 1.11 bits per heavy atom. The van der Waals surface area contributed by atoms with Gasteiger partial charge in [-0.2, -0.15) is 0 Å². The minimum absolute atomic E-state index is 0.125. The third kappa shape index (κ3) is 4.76. The molecule has 4 nitrogen and oxygen atoms in total. The van der Waals surface area contributed by atoms with Crippen molar-refractivity contribution in [1.29, 1.82) is 0 Å². The molecule has 0 aliphatic rings. The van der Waals surface area contributed by atoms with E-state index in [0.717, 1.165) is 38.5 Å². The van der Waals surface area contributed by atoms with Crippen LogP contribution in [-0.2, 0) is 12.3 Å². The van der Waals surface area contributed by atoms with Crippen LogP contribution < -0.4 is 5.32 Å². The van der Waals surface area contributed by atoms with E-state index in [4.69, 9.17) is 0 Å². The fourth-order valence-electron chi connectivity index (χ4n) is 3.24. The predicted molar refractivity (Wildman–Crippen MR) is 114 cm³/mol. The lowest BCUT2D eigenvalue weighted by atomic mass is 9.92. The first-order valence-corrected chi connectivity index (χ1v) is 10.6. The van der Waals surface area contributed by atoms with Gasteiger partial charge in [0.1, 0.15) is 0 Å². The van der Waals surface area contributed by atoms with Crippen LogP contribution in [0, 0.1) is 20.8 Å². The number of nitrogens with one attached hydrogen (secondary N) is 1. The molecular formula is C21H23N3OS2. The van der Waals surface area contributed by atoms with Gasteiger partial charge in [-0.05, 0) is 55.5 Å². The number of rotatable bonds is 7. The number of ketones is 1. The highest BCUT2D eigenvalue weighted by atomic mass is 32.2. The molecule has 1 N–H and O–H groups in total. The van der Waals surface area contributed by atoms with Crippen molar-refractivity contribution in [3.05, 3.63) is 69.8 Å². The van der Waals surface area contributed by atoms with Crippen LogP contribution in [0.15, 0.2) is 40.7 Å². The van der Waals surface area contributed by atoms with Gasteiger partial charge >= 0.3 is 0 Å². The average Bonchev–Trinajstić information content (AvgIpc) is 3.08. The van der Waals surface area contributed by atoms with Gasteiger partial charge in [0.15, 0.2) is 10.1 Å². The van der Waals surface area contributed by atoms with Crippen molar-refractivity contribution in [2.45, 2.75) is 44.3 Å². The molecule has 140 valence electrons. The van der Waals surface area contributed by atoms with E-state index < -0.39 is 0 Å². The first-order chi connectivity index (χ1) is 13.0. The monoisotopic (exact) mass is 397 g/mol. The molecule has 0 bridgehead atoms. The topological polar surface area (TPSA) is 54.9 Å². The van der Waals surface area contributed by atoms with Crippen LogP contribution >= 0.6 is 23.1 Å². The Labute approximate surface area is 168 Å². The van der Waals surface area contributed by atoms with Crippen LogP contribution in [0.2, 0.25) is 0 Å². The minimum atomic E-state index is 0.125. The first kappa shape index (κ1) is 19.6. The number of nitrogens with zero attached hydrogens (tertiary/aromatic N) is 2. The molecule has 0 atom stereocenters. The second-order valence-electron chi connectivity index (χ2n) is 6.55. The van der Waals surface area contributed by atoms with Crippen LogP contribution in [0.3, 0.4) is 0 Å². The van der Waals surface area contributed by atoms with Crippen molar-refractivity contribution in [3.63, 3.8) is 0 Å². The smallest absolute Gasteiger partial charge is 0.206 e. The van der Waals surface area contributed by atoms with Gasteiger partial charge in [-0.25, -0.2) is 0 Å². The van der Waals surface area contributed by atoms with E-state index in [-0.39, 0.29) is 5.78 Å². The Bertz CT molecular complexity index is 952. The lowest BCUT2D eigenvalue weighted by Gasteiger charge is -2.15. The number of aryl methyl sites for hydroxylation is 2. The van der Waals surface area contributed by atoms with Crippen LogP contribution in [0.25, 0.3) is 0 Å². The van der Waals surface area contributed by atoms with Gasteiger partial charge in [0.25, 0.3) is 0 Å². The van der Waals surface area contributed by atoms with Crippen molar-refractivity contribution in [1.82, 2.24) is 10.2 Å². The Morgan fingerprint density at radius 3 is 2.56 bits per heavy atom. The lowest BCUT2D eigenvalue weighted by molar-refractivity contribution is 0.101. The van der Waals surface area contributed by atoms with E-state index in [0.29, 0.717) is 0 Å². The highest BCUT2D eigenvalue weighted by molar-refractivity contribution is 8.00.